The second-order valence-corrected chi connectivity index (χ2v) is 11.0. The topological polar surface area (TPSA) is 200 Å². The van der Waals surface area contributed by atoms with Gasteiger partial charge in [-0.25, -0.2) is 9.59 Å². The normalized spacial score (nSPS) is 10.8. The van der Waals surface area contributed by atoms with E-state index in [1.807, 2.05) is 0 Å². The maximum atomic E-state index is 12.1. The van der Waals surface area contributed by atoms with Crippen LogP contribution in [0.25, 0.3) is 0 Å². The van der Waals surface area contributed by atoms with Crippen LogP contribution < -0.4 is 29.9 Å². The fourth-order valence-electron chi connectivity index (χ4n) is 4.91. The van der Waals surface area contributed by atoms with Gasteiger partial charge in [-0.05, 0) is 73.2 Å². The van der Waals surface area contributed by atoms with E-state index in [0.717, 1.165) is 23.3 Å². The summed E-state index contributed by atoms with van der Waals surface area (Å²) in [6.07, 6.45) is 2.42. The fraction of sp³-hybridized carbons (Fsp3) is 0.222. The Morgan fingerprint density at radius 3 is 1.40 bits per heavy atom. The lowest BCUT2D eigenvalue weighted by atomic mass is 10.1. The van der Waals surface area contributed by atoms with Crippen LogP contribution in [0.4, 0.5) is 11.4 Å². The standard InChI is InChI=1S/C36H36N4O12/c1-23-11-13-27(39(43)44)31(21-23)49-29-9-5-7-25(35(29)47-3)17-19-37-51-33(41)15-16-34(42)52-38-20-18-26-8-6-10-30(36(26)48-4)50-32-22-24(2)12-14-28(32)40(45)46/h5-16,21-22,37-38H,17-20H2,1-4H3/b16-15+. The highest BCUT2D eigenvalue weighted by molar-refractivity contribution is 5.91. The van der Waals surface area contributed by atoms with Crippen LogP contribution in [0.2, 0.25) is 0 Å². The first kappa shape index (κ1) is 38.3. The number of hydrogen-bond donors (Lipinski definition) is 2. The number of ether oxygens (including phenoxy) is 4. The highest BCUT2D eigenvalue weighted by Gasteiger charge is 2.20. The van der Waals surface area contributed by atoms with Crippen molar-refractivity contribution in [2.24, 2.45) is 0 Å². The molecule has 16 nitrogen and oxygen atoms in total. The molecule has 0 atom stereocenters. The molecule has 0 aromatic heterocycles. The molecule has 0 radical (unpaired) electrons. The lowest BCUT2D eigenvalue weighted by molar-refractivity contribution is -0.385. The van der Waals surface area contributed by atoms with E-state index < -0.39 is 21.8 Å². The molecule has 4 rings (SSSR count). The number of nitrogens with zero attached hydrogens (tertiary/aromatic N) is 2. The highest BCUT2D eigenvalue weighted by atomic mass is 16.7. The minimum absolute atomic E-state index is 0.0688. The van der Waals surface area contributed by atoms with E-state index in [-0.39, 0.29) is 47.5 Å². The summed E-state index contributed by atoms with van der Waals surface area (Å²) in [6.45, 7) is 3.90. The number of rotatable bonds is 18. The third-order valence-corrected chi connectivity index (χ3v) is 7.29. The molecule has 0 aliphatic rings. The van der Waals surface area contributed by atoms with Crippen LogP contribution in [0.3, 0.4) is 0 Å². The van der Waals surface area contributed by atoms with Gasteiger partial charge in [-0.3, -0.25) is 20.2 Å². The average Bonchev–Trinajstić information content (AvgIpc) is 3.11. The Hall–Kier alpha value is -6.52. The molecule has 0 fully saturated rings. The molecule has 0 heterocycles. The van der Waals surface area contributed by atoms with Gasteiger partial charge in [0.2, 0.25) is 11.5 Å². The molecule has 0 unspecified atom stereocenters. The number of para-hydroxylation sites is 2. The number of aryl methyl sites for hydroxylation is 2. The molecule has 0 bridgehead atoms. The first-order chi connectivity index (χ1) is 25.0. The lowest BCUT2D eigenvalue weighted by Gasteiger charge is -2.15. The molecule has 52 heavy (non-hydrogen) atoms. The summed E-state index contributed by atoms with van der Waals surface area (Å²) in [7, 11) is 2.88. The van der Waals surface area contributed by atoms with Crippen molar-refractivity contribution in [1.29, 1.82) is 0 Å². The number of methoxy groups -OCH3 is 2. The molecule has 16 heteroatoms. The first-order valence-corrected chi connectivity index (χ1v) is 15.7. The third-order valence-electron chi connectivity index (χ3n) is 7.29. The van der Waals surface area contributed by atoms with Gasteiger partial charge in [0.25, 0.3) is 0 Å². The van der Waals surface area contributed by atoms with Gasteiger partial charge >= 0.3 is 23.3 Å². The van der Waals surface area contributed by atoms with Crippen molar-refractivity contribution in [3.8, 4) is 34.5 Å². The molecular formula is C36H36N4O12. The Morgan fingerprint density at radius 2 is 1.04 bits per heavy atom. The van der Waals surface area contributed by atoms with Gasteiger partial charge in [-0.15, -0.1) is 0 Å². The number of nitro benzene ring substituents is 2. The van der Waals surface area contributed by atoms with Gasteiger partial charge in [0.05, 0.1) is 24.1 Å². The fourth-order valence-corrected chi connectivity index (χ4v) is 4.91. The van der Waals surface area contributed by atoms with Crippen molar-refractivity contribution < 1.29 is 48.1 Å². The molecule has 0 amide bonds. The van der Waals surface area contributed by atoms with Crippen LogP contribution in [-0.2, 0) is 32.1 Å². The summed E-state index contributed by atoms with van der Waals surface area (Å²) in [6, 6.07) is 19.3. The van der Waals surface area contributed by atoms with Gasteiger partial charge in [0.15, 0.2) is 23.0 Å². The summed E-state index contributed by atoms with van der Waals surface area (Å²) < 4.78 is 22.7. The summed E-state index contributed by atoms with van der Waals surface area (Å²) >= 11 is 0. The number of hydrogen-bond acceptors (Lipinski definition) is 14. The van der Waals surface area contributed by atoms with Gasteiger partial charge in [0, 0.05) is 37.4 Å². The molecule has 0 aliphatic heterocycles. The molecule has 0 aliphatic carbocycles. The van der Waals surface area contributed by atoms with E-state index in [9.17, 15) is 29.8 Å². The molecule has 0 saturated heterocycles. The maximum Gasteiger partial charge on any atom is 0.349 e. The number of carbonyl (C=O) groups is 2. The van der Waals surface area contributed by atoms with Gasteiger partial charge in [0.1, 0.15) is 0 Å². The van der Waals surface area contributed by atoms with Crippen molar-refractivity contribution in [3.63, 3.8) is 0 Å². The molecule has 4 aromatic carbocycles. The van der Waals surface area contributed by atoms with Gasteiger partial charge < -0.3 is 28.6 Å². The molecular weight excluding hydrogens is 680 g/mol. The Bertz CT molecular complexity index is 1820. The number of hydroxylamine groups is 2. The predicted octanol–water partition coefficient (Wildman–Crippen LogP) is 6.16. The summed E-state index contributed by atoms with van der Waals surface area (Å²) in [5.41, 5.74) is 7.56. The minimum Gasteiger partial charge on any atom is -0.493 e. The number of carbonyl (C=O) groups excluding carboxylic acids is 2. The zero-order valence-corrected chi connectivity index (χ0v) is 28.7. The molecule has 2 N–H and O–H groups in total. The van der Waals surface area contributed by atoms with Crippen LogP contribution in [0, 0.1) is 34.1 Å². The largest absolute Gasteiger partial charge is 0.493 e. The van der Waals surface area contributed by atoms with E-state index in [4.69, 9.17) is 28.6 Å². The number of benzene rings is 4. The van der Waals surface area contributed by atoms with Crippen molar-refractivity contribution >= 4 is 23.3 Å². The second-order valence-electron chi connectivity index (χ2n) is 11.0. The van der Waals surface area contributed by atoms with Crippen LogP contribution in [-0.4, -0.2) is 49.1 Å². The van der Waals surface area contributed by atoms with E-state index in [0.29, 0.717) is 35.5 Å². The van der Waals surface area contributed by atoms with E-state index in [2.05, 4.69) is 11.0 Å². The molecule has 272 valence electrons. The monoisotopic (exact) mass is 716 g/mol. The van der Waals surface area contributed by atoms with Crippen LogP contribution >= 0.6 is 0 Å². The van der Waals surface area contributed by atoms with Crippen molar-refractivity contribution in [1.82, 2.24) is 11.0 Å². The Balaban J connectivity index is 1.22. The molecule has 4 aromatic rings. The Kier molecular flexibility index (Phi) is 13.6. The van der Waals surface area contributed by atoms with E-state index >= 15 is 0 Å². The quantitative estimate of drug-likeness (QED) is 0.0513. The predicted molar refractivity (Wildman–Crippen MR) is 187 cm³/mol. The van der Waals surface area contributed by atoms with E-state index in [1.165, 1.54) is 26.4 Å². The average molecular weight is 717 g/mol. The van der Waals surface area contributed by atoms with Gasteiger partial charge in [-0.1, -0.05) is 36.4 Å². The SMILES string of the molecule is COc1c(CCNOC(=O)/C=C/C(=O)ONCCc2cccc(Oc3cc(C)ccc3[N+](=O)[O-])c2OC)cccc1Oc1cc(C)ccc1[N+](=O)[O-]. The first-order valence-electron chi connectivity index (χ1n) is 15.7. The zero-order valence-electron chi connectivity index (χ0n) is 28.7. The highest BCUT2D eigenvalue weighted by Crippen LogP contribution is 2.40. The Labute approximate surface area is 298 Å². The molecule has 0 saturated carbocycles. The summed E-state index contributed by atoms with van der Waals surface area (Å²) in [5.74, 6) is -0.322. The molecule has 0 spiro atoms. The van der Waals surface area contributed by atoms with Crippen molar-refractivity contribution in [2.45, 2.75) is 26.7 Å². The Morgan fingerprint density at radius 1 is 0.635 bits per heavy atom. The smallest absolute Gasteiger partial charge is 0.349 e. The van der Waals surface area contributed by atoms with E-state index in [1.54, 1.807) is 74.5 Å². The maximum absolute atomic E-state index is 12.1. The summed E-state index contributed by atoms with van der Waals surface area (Å²) in [4.78, 5) is 56.0. The third kappa shape index (κ3) is 10.5. The van der Waals surface area contributed by atoms with Crippen molar-refractivity contribution in [2.75, 3.05) is 27.3 Å². The second kappa shape index (κ2) is 18.5. The van der Waals surface area contributed by atoms with Crippen molar-refractivity contribution in [3.05, 3.63) is 127 Å². The van der Waals surface area contributed by atoms with Crippen LogP contribution in [0.5, 0.6) is 34.5 Å². The summed E-state index contributed by atoms with van der Waals surface area (Å²) in [5, 5.41) is 22.9. The minimum atomic E-state index is -0.858. The lowest BCUT2D eigenvalue weighted by Crippen LogP contribution is -2.23. The van der Waals surface area contributed by atoms with Crippen LogP contribution in [0.15, 0.2) is 84.9 Å². The number of nitrogens with one attached hydrogen (secondary N) is 2. The van der Waals surface area contributed by atoms with Gasteiger partial charge in [-0.2, -0.15) is 11.0 Å². The zero-order chi connectivity index (χ0) is 37.6. The number of nitro groups is 2. The van der Waals surface area contributed by atoms with Crippen LogP contribution in [0.1, 0.15) is 22.3 Å².